The molecule has 1 aromatic carbocycles. The average Bonchev–Trinajstić information content (AvgIpc) is 3.27. The van der Waals surface area contributed by atoms with Gasteiger partial charge >= 0.3 is 5.97 Å². The number of ether oxygens (including phenoxy) is 2. The molecule has 126 valence electrons. The third-order valence-electron chi connectivity index (χ3n) is 5.33. The van der Waals surface area contributed by atoms with Gasteiger partial charge in [-0.05, 0) is 12.6 Å². The Labute approximate surface area is 146 Å². The fraction of sp³-hybridized carbons (Fsp3) is 0.588. The maximum Gasteiger partial charge on any atom is 0.316 e. The molecule has 0 aliphatic carbocycles. The van der Waals surface area contributed by atoms with Gasteiger partial charge in [-0.1, -0.05) is 30.3 Å². The molecule has 0 radical (unpaired) electrons. The Kier molecular flexibility index (Phi) is 4.78. The second-order valence-electron chi connectivity index (χ2n) is 6.54. The molecular weight excluding hydrogens is 362 g/mol. The van der Waals surface area contributed by atoms with Crippen LogP contribution < -0.4 is 0 Å². The van der Waals surface area contributed by atoms with Gasteiger partial charge in [0.1, 0.15) is 24.2 Å². The first-order chi connectivity index (χ1) is 10.7. The molecule has 1 N–H and O–H groups in total. The van der Waals surface area contributed by atoms with Crippen molar-refractivity contribution in [2.24, 2.45) is 0 Å². The van der Waals surface area contributed by atoms with Crippen molar-refractivity contribution in [3.63, 3.8) is 0 Å². The summed E-state index contributed by atoms with van der Waals surface area (Å²) in [5, 5.41) is 9.56. The lowest BCUT2D eigenvalue weighted by atomic mass is 9.97. The van der Waals surface area contributed by atoms with Gasteiger partial charge in [0, 0.05) is 24.9 Å². The molecule has 2 bridgehead atoms. The number of aliphatic hydroxyl groups excluding tert-OH is 1. The highest BCUT2D eigenvalue weighted by Gasteiger charge is 2.62. The van der Waals surface area contributed by atoms with Crippen LogP contribution in [0.4, 0.5) is 0 Å². The molecule has 0 aromatic heterocycles. The van der Waals surface area contributed by atoms with Crippen LogP contribution in [0.15, 0.2) is 30.3 Å². The SMILES string of the molecule is Br.CN1[C@H]2CC(OC(=O)[C@H](CO)c3ccccc3)C[C@H]1[C@H]1O[C@H]12. The highest BCUT2D eigenvalue weighted by atomic mass is 79.9. The Hall–Kier alpha value is -0.950. The number of nitrogens with zero attached hydrogens (tertiary/aromatic N) is 1. The summed E-state index contributed by atoms with van der Waals surface area (Å²) in [6.07, 6.45) is 2.26. The van der Waals surface area contributed by atoms with Crippen molar-refractivity contribution >= 4 is 23.0 Å². The molecule has 23 heavy (non-hydrogen) atoms. The molecule has 0 amide bonds. The smallest absolute Gasteiger partial charge is 0.316 e. The number of halogens is 1. The first-order valence-corrected chi connectivity index (χ1v) is 7.92. The van der Waals surface area contributed by atoms with E-state index in [-0.39, 0.29) is 35.7 Å². The van der Waals surface area contributed by atoms with E-state index in [4.69, 9.17) is 9.47 Å². The average molecular weight is 384 g/mol. The summed E-state index contributed by atoms with van der Waals surface area (Å²) in [4.78, 5) is 14.8. The summed E-state index contributed by atoms with van der Waals surface area (Å²) in [6, 6.07) is 10.1. The van der Waals surface area contributed by atoms with Crippen molar-refractivity contribution in [2.75, 3.05) is 13.7 Å². The third kappa shape index (κ3) is 2.93. The van der Waals surface area contributed by atoms with Crippen LogP contribution >= 0.6 is 17.0 Å². The standard InChI is InChI=1S/C17H21NO4.BrH/c1-18-13-7-11(8-14(18)16-15(13)22-16)21-17(20)12(9-19)10-5-3-2-4-6-10;/h2-6,11-16,19H,7-9H2,1H3;1H/t11?,12-,13+,14+,15-,16+;/m1./s1. The quantitative estimate of drug-likeness (QED) is 0.630. The monoisotopic (exact) mass is 383 g/mol. The number of carbonyl (C=O) groups excluding carboxylic acids is 1. The molecule has 3 saturated heterocycles. The Morgan fingerprint density at radius 1 is 1.30 bits per heavy atom. The predicted molar refractivity (Wildman–Crippen MR) is 89.7 cm³/mol. The van der Waals surface area contributed by atoms with Crippen molar-refractivity contribution in [1.29, 1.82) is 0 Å². The zero-order valence-electron chi connectivity index (χ0n) is 13.0. The van der Waals surface area contributed by atoms with Crippen LogP contribution in [0, 0.1) is 0 Å². The maximum absolute atomic E-state index is 12.4. The fourth-order valence-electron chi connectivity index (χ4n) is 4.04. The van der Waals surface area contributed by atoms with Gasteiger partial charge in [-0.15, -0.1) is 17.0 Å². The van der Waals surface area contributed by atoms with Gasteiger partial charge < -0.3 is 14.6 Å². The van der Waals surface area contributed by atoms with E-state index >= 15 is 0 Å². The lowest BCUT2D eigenvalue weighted by Gasteiger charge is -2.38. The molecule has 1 aromatic rings. The molecule has 4 rings (SSSR count). The number of carbonyl (C=O) groups is 1. The molecule has 5 nitrogen and oxygen atoms in total. The van der Waals surface area contributed by atoms with Crippen LogP contribution in [0.5, 0.6) is 0 Å². The minimum atomic E-state index is -0.593. The van der Waals surface area contributed by atoms with E-state index in [1.54, 1.807) is 0 Å². The largest absolute Gasteiger partial charge is 0.462 e. The number of morpholine rings is 1. The summed E-state index contributed by atoms with van der Waals surface area (Å²) in [6.45, 7) is -0.226. The molecule has 3 aliphatic rings. The summed E-state index contributed by atoms with van der Waals surface area (Å²) >= 11 is 0. The molecule has 6 heteroatoms. The zero-order chi connectivity index (χ0) is 15.3. The number of hydrogen-bond donors (Lipinski definition) is 1. The van der Waals surface area contributed by atoms with Crippen LogP contribution in [0.2, 0.25) is 0 Å². The minimum Gasteiger partial charge on any atom is -0.462 e. The second-order valence-corrected chi connectivity index (χ2v) is 6.54. The Bertz CT molecular complexity index is 551. The van der Waals surface area contributed by atoms with Gasteiger partial charge in [0.05, 0.1) is 6.61 Å². The molecule has 1 unspecified atom stereocenters. The lowest BCUT2D eigenvalue weighted by molar-refractivity contribution is -0.156. The van der Waals surface area contributed by atoms with Gasteiger partial charge in [0.15, 0.2) is 0 Å². The number of epoxide rings is 1. The highest BCUT2D eigenvalue weighted by molar-refractivity contribution is 8.93. The predicted octanol–water partition coefficient (Wildman–Crippen LogP) is 1.50. The minimum absolute atomic E-state index is 0. The van der Waals surface area contributed by atoms with E-state index < -0.39 is 5.92 Å². The van der Waals surface area contributed by atoms with Crippen molar-refractivity contribution in [2.45, 2.75) is 49.2 Å². The van der Waals surface area contributed by atoms with E-state index in [9.17, 15) is 9.90 Å². The number of hydrogen-bond acceptors (Lipinski definition) is 5. The van der Waals surface area contributed by atoms with Crippen molar-refractivity contribution in [3.05, 3.63) is 35.9 Å². The molecular formula is C17H22BrNO4. The van der Waals surface area contributed by atoms with Crippen LogP contribution in [0.25, 0.3) is 0 Å². The molecule has 3 fully saturated rings. The summed E-state index contributed by atoms with van der Waals surface area (Å²) < 4.78 is 11.4. The van der Waals surface area contributed by atoms with E-state index in [1.165, 1.54) is 0 Å². The lowest BCUT2D eigenvalue weighted by Crippen LogP contribution is -2.48. The van der Waals surface area contributed by atoms with Gasteiger partial charge in [-0.25, -0.2) is 0 Å². The Balaban J connectivity index is 0.00000156. The van der Waals surface area contributed by atoms with Gasteiger partial charge in [0.25, 0.3) is 0 Å². The van der Waals surface area contributed by atoms with Crippen LogP contribution in [0.3, 0.4) is 0 Å². The van der Waals surface area contributed by atoms with Crippen molar-refractivity contribution in [3.8, 4) is 0 Å². The number of likely N-dealkylation sites (N-methyl/N-ethyl adjacent to an activating group) is 1. The Morgan fingerprint density at radius 2 is 1.91 bits per heavy atom. The number of rotatable bonds is 4. The van der Waals surface area contributed by atoms with Crippen LogP contribution in [-0.2, 0) is 14.3 Å². The van der Waals surface area contributed by atoms with Crippen LogP contribution in [-0.4, -0.2) is 60.0 Å². The third-order valence-corrected chi connectivity index (χ3v) is 5.33. The van der Waals surface area contributed by atoms with Crippen LogP contribution in [0.1, 0.15) is 24.3 Å². The van der Waals surface area contributed by atoms with Gasteiger partial charge in [-0.2, -0.15) is 0 Å². The number of benzene rings is 1. The summed E-state index contributed by atoms with van der Waals surface area (Å²) in [5.74, 6) is -0.915. The first kappa shape index (κ1) is 16.9. The maximum atomic E-state index is 12.4. The number of aliphatic hydroxyl groups is 1. The second kappa shape index (κ2) is 6.51. The molecule has 3 aliphatic heterocycles. The fourth-order valence-corrected chi connectivity index (χ4v) is 4.04. The van der Waals surface area contributed by atoms with Gasteiger partial charge in [0.2, 0.25) is 0 Å². The van der Waals surface area contributed by atoms with Crippen molar-refractivity contribution < 1.29 is 19.4 Å². The van der Waals surface area contributed by atoms with E-state index in [0.717, 1.165) is 18.4 Å². The zero-order valence-corrected chi connectivity index (χ0v) is 14.7. The van der Waals surface area contributed by atoms with Gasteiger partial charge in [-0.3, -0.25) is 9.69 Å². The number of piperidine rings is 1. The van der Waals surface area contributed by atoms with Crippen molar-refractivity contribution in [1.82, 2.24) is 4.90 Å². The molecule has 6 atom stereocenters. The number of fused-ring (bicyclic) bond motifs is 5. The summed E-state index contributed by atoms with van der Waals surface area (Å²) in [5.41, 5.74) is 0.803. The molecule has 0 saturated carbocycles. The topological polar surface area (TPSA) is 62.3 Å². The van der Waals surface area contributed by atoms with E-state index in [2.05, 4.69) is 11.9 Å². The molecule has 3 heterocycles. The Morgan fingerprint density at radius 3 is 2.48 bits per heavy atom. The highest BCUT2D eigenvalue weighted by Crippen LogP contribution is 2.48. The van der Waals surface area contributed by atoms with E-state index in [0.29, 0.717) is 24.3 Å². The first-order valence-electron chi connectivity index (χ1n) is 7.92. The van der Waals surface area contributed by atoms with E-state index in [1.807, 2.05) is 30.3 Å². The normalized spacial score (nSPS) is 35.8. The number of esters is 1. The summed E-state index contributed by atoms with van der Waals surface area (Å²) in [7, 11) is 2.13. The molecule has 0 spiro atoms.